The summed E-state index contributed by atoms with van der Waals surface area (Å²) in [5.41, 5.74) is 0.675. The maximum atomic E-state index is 13.3. The monoisotopic (exact) mass is 266 g/mol. The molecular formula is C14H19FN2O2. The number of hydrogen-bond donors (Lipinski definition) is 1. The van der Waals surface area contributed by atoms with Crippen LogP contribution in [0.2, 0.25) is 0 Å². The van der Waals surface area contributed by atoms with Crippen molar-refractivity contribution < 1.29 is 13.9 Å². The summed E-state index contributed by atoms with van der Waals surface area (Å²) in [6, 6.07) is 6.71. The number of hydrogen-bond acceptors (Lipinski definition) is 3. The van der Waals surface area contributed by atoms with Crippen LogP contribution in [0.15, 0.2) is 24.3 Å². The summed E-state index contributed by atoms with van der Waals surface area (Å²) in [4.78, 5) is 13.6. The lowest BCUT2D eigenvalue weighted by atomic mass is 10.1. The van der Waals surface area contributed by atoms with Crippen LogP contribution >= 0.6 is 0 Å². The van der Waals surface area contributed by atoms with Crippen LogP contribution in [0, 0.1) is 5.82 Å². The first-order valence-corrected chi connectivity index (χ1v) is 6.57. The van der Waals surface area contributed by atoms with E-state index in [1.165, 1.54) is 6.07 Å². The summed E-state index contributed by atoms with van der Waals surface area (Å²) in [5, 5.41) is 3.06. The van der Waals surface area contributed by atoms with Crippen LogP contribution in [0.25, 0.3) is 0 Å². The minimum atomic E-state index is -0.191. The van der Waals surface area contributed by atoms with Gasteiger partial charge < -0.3 is 15.0 Å². The smallest absolute Gasteiger partial charge is 0.236 e. The number of rotatable bonds is 5. The summed E-state index contributed by atoms with van der Waals surface area (Å²) in [5.74, 6) is -0.111. The van der Waals surface area contributed by atoms with Crippen LogP contribution in [0.3, 0.4) is 0 Å². The van der Waals surface area contributed by atoms with Gasteiger partial charge in [-0.1, -0.05) is 18.2 Å². The minimum Gasteiger partial charge on any atom is -0.378 e. The van der Waals surface area contributed by atoms with Crippen molar-refractivity contribution in [1.82, 2.24) is 10.2 Å². The molecule has 1 aliphatic rings. The predicted molar refractivity (Wildman–Crippen MR) is 70.4 cm³/mol. The third-order valence-corrected chi connectivity index (χ3v) is 3.17. The van der Waals surface area contributed by atoms with Crippen molar-refractivity contribution in [2.75, 3.05) is 39.4 Å². The second kappa shape index (κ2) is 7.21. The van der Waals surface area contributed by atoms with Crippen LogP contribution in [-0.4, -0.2) is 50.2 Å². The van der Waals surface area contributed by atoms with Gasteiger partial charge in [0, 0.05) is 13.1 Å². The lowest BCUT2D eigenvalue weighted by Crippen LogP contribution is -2.44. The molecule has 19 heavy (non-hydrogen) atoms. The Morgan fingerprint density at radius 3 is 2.79 bits per heavy atom. The first-order valence-electron chi connectivity index (χ1n) is 6.57. The molecule has 5 heteroatoms. The Bertz CT molecular complexity index is 420. The largest absolute Gasteiger partial charge is 0.378 e. The van der Waals surface area contributed by atoms with Gasteiger partial charge in [-0.25, -0.2) is 4.39 Å². The Morgan fingerprint density at radius 1 is 1.32 bits per heavy atom. The van der Waals surface area contributed by atoms with Crippen molar-refractivity contribution >= 4 is 5.91 Å². The van der Waals surface area contributed by atoms with Crippen molar-refractivity contribution in [2.24, 2.45) is 0 Å². The van der Waals surface area contributed by atoms with Crippen LogP contribution in [0.1, 0.15) is 5.56 Å². The van der Waals surface area contributed by atoms with Gasteiger partial charge >= 0.3 is 0 Å². The van der Waals surface area contributed by atoms with E-state index in [-0.39, 0.29) is 11.7 Å². The molecular weight excluding hydrogens is 247 g/mol. The molecule has 4 nitrogen and oxygen atoms in total. The zero-order valence-corrected chi connectivity index (χ0v) is 10.9. The fourth-order valence-electron chi connectivity index (χ4n) is 2.04. The maximum absolute atomic E-state index is 13.3. The second-order valence-corrected chi connectivity index (χ2v) is 4.51. The summed E-state index contributed by atoms with van der Waals surface area (Å²) < 4.78 is 18.5. The zero-order chi connectivity index (χ0) is 13.5. The number of benzene rings is 1. The Morgan fingerprint density at radius 2 is 2.05 bits per heavy atom. The summed E-state index contributed by atoms with van der Waals surface area (Å²) >= 11 is 0. The molecule has 0 atom stereocenters. The van der Waals surface area contributed by atoms with E-state index in [4.69, 9.17) is 4.74 Å². The predicted octanol–water partition coefficient (Wildman–Crippen LogP) is 0.817. The molecule has 1 heterocycles. The first kappa shape index (κ1) is 14.0. The average molecular weight is 266 g/mol. The Balaban J connectivity index is 1.66. The molecule has 1 aliphatic heterocycles. The Kier molecular flexibility index (Phi) is 5.30. The van der Waals surface area contributed by atoms with Gasteiger partial charge in [0.1, 0.15) is 5.82 Å². The van der Waals surface area contributed by atoms with Gasteiger partial charge in [0.2, 0.25) is 5.91 Å². The molecule has 1 saturated heterocycles. The van der Waals surface area contributed by atoms with E-state index >= 15 is 0 Å². The molecule has 0 radical (unpaired) electrons. The van der Waals surface area contributed by atoms with Crippen molar-refractivity contribution in [3.05, 3.63) is 35.6 Å². The van der Waals surface area contributed by atoms with Gasteiger partial charge in [-0.15, -0.1) is 0 Å². The molecule has 1 aromatic carbocycles. The van der Waals surface area contributed by atoms with Gasteiger partial charge in [-0.05, 0) is 24.6 Å². The number of carbonyl (C=O) groups is 1. The third kappa shape index (κ3) is 4.29. The van der Waals surface area contributed by atoms with Gasteiger partial charge in [0.05, 0.1) is 19.8 Å². The lowest BCUT2D eigenvalue weighted by Gasteiger charge is -2.26. The summed E-state index contributed by atoms with van der Waals surface area (Å²) in [6.07, 6.45) is 0.586. The number of amides is 1. The van der Waals surface area contributed by atoms with Gasteiger partial charge in [0.25, 0.3) is 0 Å². The number of carbonyl (C=O) groups excluding carboxylic acids is 1. The van der Waals surface area contributed by atoms with Crippen LogP contribution in [0.4, 0.5) is 4.39 Å². The Hall–Kier alpha value is -1.46. The molecule has 0 saturated carbocycles. The number of morpholine rings is 1. The fraction of sp³-hybridized carbons (Fsp3) is 0.500. The SMILES string of the molecule is O=C(CNCCc1ccccc1F)N1CCOCC1. The highest BCUT2D eigenvalue weighted by Crippen LogP contribution is 2.06. The van der Waals surface area contributed by atoms with Gasteiger partial charge in [-0.2, -0.15) is 0 Å². The highest BCUT2D eigenvalue weighted by molar-refractivity contribution is 5.78. The van der Waals surface area contributed by atoms with Gasteiger partial charge in [0.15, 0.2) is 0 Å². The molecule has 1 amide bonds. The van der Waals surface area contributed by atoms with E-state index in [0.717, 1.165) is 0 Å². The third-order valence-electron chi connectivity index (χ3n) is 3.17. The van der Waals surface area contributed by atoms with E-state index in [1.807, 2.05) is 6.07 Å². The van der Waals surface area contributed by atoms with Crippen LogP contribution in [0.5, 0.6) is 0 Å². The molecule has 1 aromatic rings. The second-order valence-electron chi connectivity index (χ2n) is 4.51. The highest BCUT2D eigenvalue weighted by atomic mass is 19.1. The first-order chi connectivity index (χ1) is 9.27. The average Bonchev–Trinajstić information content (AvgIpc) is 2.46. The molecule has 2 rings (SSSR count). The van der Waals surface area contributed by atoms with E-state index < -0.39 is 0 Å². The molecule has 0 unspecified atom stereocenters. The van der Waals surface area contributed by atoms with Crippen molar-refractivity contribution in [3.8, 4) is 0 Å². The van der Waals surface area contributed by atoms with Crippen molar-refractivity contribution in [3.63, 3.8) is 0 Å². The number of ether oxygens (including phenoxy) is 1. The van der Waals surface area contributed by atoms with E-state index in [1.54, 1.807) is 17.0 Å². The maximum Gasteiger partial charge on any atom is 0.236 e. The molecule has 0 spiro atoms. The lowest BCUT2D eigenvalue weighted by molar-refractivity contribution is -0.134. The summed E-state index contributed by atoms with van der Waals surface area (Å²) in [6.45, 7) is 3.44. The minimum absolute atomic E-state index is 0.0804. The summed E-state index contributed by atoms with van der Waals surface area (Å²) in [7, 11) is 0. The van der Waals surface area contributed by atoms with Crippen LogP contribution in [-0.2, 0) is 16.0 Å². The van der Waals surface area contributed by atoms with Crippen LogP contribution < -0.4 is 5.32 Å². The molecule has 1 N–H and O–H groups in total. The number of nitrogens with zero attached hydrogens (tertiary/aromatic N) is 1. The van der Waals surface area contributed by atoms with E-state index in [2.05, 4.69) is 5.32 Å². The molecule has 0 bridgehead atoms. The normalized spacial score (nSPS) is 15.5. The van der Waals surface area contributed by atoms with Crippen molar-refractivity contribution in [2.45, 2.75) is 6.42 Å². The topological polar surface area (TPSA) is 41.6 Å². The van der Waals surface area contributed by atoms with Gasteiger partial charge in [-0.3, -0.25) is 4.79 Å². The van der Waals surface area contributed by atoms with E-state index in [9.17, 15) is 9.18 Å². The molecule has 0 aromatic heterocycles. The standard InChI is InChI=1S/C14H19FN2O2/c15-13-4-2-1-3-12(13)5-6-16-11-14(18)17-7-9-19-10-8-17/h1-4,16H,5-11H2. The molecule has 1 fully saturated rings. The zero-order valence-electron chi connectivity index (χ0n) is 10.9. The number of halogens is 1. The molecule has 0 aliphatic carbocycles. The highest BCUT2D eigenvalue weighted by Gasteiger charge is 2.15. The van der Waals surface area contributed by atoms with E-state index in [0.29, 0.717) is 51.4 Å². The quantitative estimate of drug-likeness (QED) is 0.802. The van der Waals surface area contributed by atoms with Crippen molar-refractivity contribution in [1.29, 1.82) is 0 Å². The molecule has 104 valence electrons. The number of nitrogens with one attached hydrogen (secondary N) is 1. The fourth-order valence-corrected chi connectivity index (χ4v) is 2.04. The Labute approximate surface area is 112 Å².